The second-order valence-electron chi connectivity index (χ2n) is 3.22. The van der Waals surface area contributed by atoms with Crippen molar-refractivity contribution in [2.24, 2.45) is 0 Å². The Labute approximate surface area is 96.3 Å². The van der Waals surface area contributed by atoms with E-state index < -0.39 is 0 Å². The van der Waals surface area contributed by atoms with Crippen molar-refractivity contribution in [3.63, 3.8) is 0 Å². The zero-order valence-electron chi connectivity index (χ0n) is 8.60. The highest BCUT2D eigenvalue weighted by atomic mass is 32.1. The lowest BCUT2D eigenvalue weighted by atomic mass is 10.2. The monoisotopic (exact) mass is 234 g/mol. The third-order valence-corrected chi connectivity index (χ3v) is 2.76. The largest absolute Gasteiger partial charge is 0.384 e. The summed E-state index contributed by atoms with van der Waals surface area (Å²) in [4.78, 5) is 19.7. The molecular formula is C10H10N4OS. The average molecular weight is 234 g/mol. The van der Waals surface area contributed by atoms with Gasteiger partial charge in [0, 0.05) is 11.6 Å². The predicted molar refractivity (Wildman–Crippen MR) is 63.5 cm³/mol. The van der Waals surface area contributed by atoms with Crippen LogP contribution in [0.5, 0.6) is 0 Å². The second-order valence-corrected chi connectivity index (χ2v) is 4.08. The number of carbonyl (C=O) groups excluding carboxylic acids is 1. The Morgan fingerprint density at radius 2 is 2.31 bits per heavy atom. The van der Waals surface area contributed by atoms with Gasteiger partial charge in [-0.2, -0.15) is 0 Å². The number of nitrogens with two attached hydrogens (primary N) is 1. The normalized spacial score (nSPS) is 10.1. The molecule has 2 aromatic rings. The number of carbonyl (C=O) groups is 1. The van der Waals surface area contributed by atoms with Gasteiger partial charge in [-0.05, 0) is 19.1 Å². The van der Waals surface area contributed by atoms with E-state index in [1.54, 1.807) is 12.1 Å². The maximum absolute atomic E-state index is 11.7. The van der Waals surface area contributed by atoms with Gasteiger partial charge in [0.15, 0.2) is 5.13 Å². The molecule has 0 bridgehead atoms. The lowest BCUT2D eigenvalue weighted by Gasteiger charge is -2.00. The van der Waals surface area contributed by atoms with E-state index in [0.717, 1.165) is 5.69 Å². The molecule has 5 nitrogen and oxygen atoms in total. The van der Waals surface area contributed by atoms with Crippen LogP contribution in [0.3, 0.4) is 0 Å². The Hall–Kier alpha value is -1.95. The van der Waals surface area contributed by atoms with Crippen LogP contribution in [0.1, 0.15) is 16.1 Å². The molecule has 0 aromatic carbocycles. The number of thiazole rings is 1. The second kappa shape index (κ2) is 4.28. The molecule has 2 rings (SSSR count). The van der Waals surface area contributed by atoms with Gasteiger partial charge in [-0.25, -0.2) is 9.97 Å². The summed E-state index contributed by atoms with van der Waals surface area (Å²) < 4.78 is 0. The average Bonchev–Trinajstić information content (AvgIpc) is 2.65. The van der Waals surface area contributed by atoms with Crippen molar-refractivity contribution in [3.05, 3.63) is 35.0 Å². The Morgan fingerprint density at radius 1 is 1.50 bits per heavy atom. The number of nitrogens with one attached hydrogen (secondary N) is 1. The molecule has 0 saturated heterocycles. The van der Waals surface area contributed by atoms with Crippen LogP contribution in [0.25, 0.3) is 0 Å². The topological polar surface area (TPSA) is 80.9 Å². The summed E-state index contributed by atoms with van der Waals surface area (Å²) in [6.45, 7) is 1.87. The number of hydrogen-bond acceptors (Lipinski definition) is 5. The van der Waals surface area contributed by atoms with Crippen LogP contribution in [-0.4, -0.2) is 15.9 Å². The first-order chi connectivity index (χ1) is 7.65. The van der Waals surface area contributed by atoms with E-state index >= 15 is 0 Å². The minimum absolute atomic E-state index is 0.234. The first-order valence-corrected chi connectivity index (χ1v) is 5.48. The fourth-order valence-electron chi connectivity index (χ4n) is 1.12. The van der Waals surface area contributed by atoms with Crippen LogP contribution in [-0.2, 0) is 0 Å². The van der Waals surface area contributed by atoms with E-state index in [-0.39, 0.29) is 5.91 Å². The molecule has 0 fully saturated rings. The molecule has 0 radical (unpaired) electrons. The minimum Gasteiger partial charge on any atom is -0.384 e. The Bertz CT molecular complexity index is 506. The number of amides is 1. The van der Waals surface area contributed by atoms with Crippen molar-refractivity contribution >= 4 is 28.2 Å². The molecular weight excluding hydrogens is 224 g/mol. The number of rotatable bonds is 2. The van der Waals surface area contributed by atoms with Gasteiger partial charge in [0.2, 0.25) is 0 Å². The molecule has 82 valence electrons. The Kier molecular flexibility index (Phi) is 2.82. The van der Waals surface area contributed by atoms with Gasteiger partial charge in [-0.15, -0.1) is 11.3 Å². The fraction of sp³-hybridized carbons (Fsp3) is 0.100. The van der Waals surface area contributed by atoms with Crippen molar-refractivity contribution < 1.29 is 4.79 Å². The summed E-state index contributed by atoms with van der Waals surface area (Å²) in [5.74, 6) is 0.156. The molecule has 0 aliphatic rings. The van der Waals surface area contributed by atoms with Gasteiger partial charge in [-0.3, -0.25) is 10.1 Å². The van der Waals surface area contributed by atoms with Crippen molar-refractivity contribution in [2.45, 2.75) is 6.92 Å². The molecule has 0 unspecified atom stereocenters. The van der Waals surface area contributed by atoms with Crippen molar-refractivity contribution in [2.75, 3.05) is 11.1 Å². The smallest absolute Gasteiger partial charge is 0.259 e. The van der Waals surface area contributed by atoms with Gasteiger partial charge >= 0.3 is 0 Å². The van der Waals surface area contributed by atoms with E-state index in [1.807, 2.05) is 12.3 Å². The standard InChI is InChI=1S/C10H10N4OS/c1-6-5-16-10(13-6)14-9(15)7-2-3-8(11)12-4-7/h2-5H,1H3,(H2,11,12)(H,13,14,15). The lowest BCUT2D eigenvalue weighted by molar-refractivity contribution is 0.102. The summed E-state index contributed by atoms with van der Waals surface area (Å²) in [5.41, 5.74) is 6.77. The summed E-state index contributed by atoms with van der Waals surface area (Å²) in [6.07, 6.45) is 1.44. The molecule has 0 aliphatic carbocycles. The molecule has 0 spiro atoms. The number of pyridine rings is 1. The van der Waals surface area contributed by atoms with Crippen molar-refractivity contribution in [1.29, 1.82) is 0 Å². The molecule has 0 atom stereocenters. The third kappa shape index (κ3) is 2.34. The molecule has 0 aliphatic heterocycles. The Morgan fingerprint density at radius 3 is 2.88 bits per heavy atom. The van der Waals surface area contributed by atoms with E-state index in [9.17, 15) is 4.79 Å². The van der Waals surface area contributed by atoms with E-state index in [4.69, 9.17) is 5.73 Å². The van der Waals surface area contributed by atoms with Crippen LogP contribution < -0.4 is 11.1 Å². The molecule has 6 heteroatoms. The number of aryl methyl sites for hydroxylation is 1. The van der Waals surface area contributed by atoms with Gasteiger partial charge in [0.05, 0.1) is 11.3 Å². The van der Waals surface area contributed by atoms with Crippen LogP contribution in [0.15, 0.2) is 23.7 Å². The number of nitrogens with zero attached hydrogens (tertiary/aromatic N) is 2. The summed E-state index contributed by atoms with van der Waals surface area (Å²) in [5, 5.41) is 5.14. The van der Waals surface area contributed by atoms with Gasteiger partial charge < -0.3 is 5.73 Å². The van der Waals surface area contributed by atoms with Gasteiger partial charge in [0.1, 0.15) is 5.82 Å². The fourth-order valence-corrected chi connectivity index (χ4v) is 1.80. The maximum Gasteiger partial charge on any atom is 0.259 e. The van der Waals surface area contributed by atoms with Crippen LogP contribution in [0.2, 0.25) is 0 Å². The van der Waals surface area contributed by atoms with E-state index in [2.05, 4.69) is 15.3 Å². The van der Waals surface area contributed by atoms with E-state index in [0.29, 0.717) is 16.5 Å². The van der Waals surface area contributed by atoms with Crippen LogP contribution in [0.4, 0.5) is 10.9 Å². The molecule has 16 heavy (non-hydrogen) atoms. The molecule has 2 aromatic heterocycles. The SMILES string of the molecule is Cc1csc(NC(=O)c2ccc(N)nc2)n1. The zero-order valence-corrected chi connectivity index (χ0v) is 9.41. The van der Waals surface area contributed by atoms with Crippen LogP contribution in [0, 0.1) is 6.92 Å². The quantitative estimate of drug-likeness (QED) is 0.828. The van der Waals surface area contributed by atoms with Gasteiger partial charge in [0.25, 0.3) is 5.91 Å². The van der Waals surface area contributed by atoms with Gasteiger partial charge in [-0.1, -0.05) is 0 Å². The molecule has 1 amide bonds. The highest BCUT2D eigenvalue weighted by Crippen LogP contribution is 2.15. The number of aromatic nitrogens is 2. The summed E-state index contributed by atoms with van der Waals surface area (Å²) >= 11 is 1.39. The minimum atomic E-state index is -0.234. The molecule has 0 saturated carbocycles. The van der Waals surface area contributed by atoms with Crippen LogP contribution >= 0.6 is 11.3 Å². The third-order valence-electron chi connectivity index (χ3n) is 1.89. The molecule has 3 N–H and O–H groups in total. The highest BCUT2D eigenvalue weighted by molar-refractivity contribution is 7.13. The van der Waals surface area contributed by atoms with E-state index in [1.165, 1.54) is 17.5 Å². The summed E-state index contributed by atoms with van der Waals surface area (Å²) in [6, 6.07) is 3.21. The number of hydrogen-bond donors (Lipinski definition) is 2. The first-order valence-electron chi connectivity index (χ1n) is 4.60. The van der Waals surface area contributed by atoms with Crippen molar-refractivity contribution in [1.82, 2.24) is 9.97 Å². The van der Waals surface area contributed by atoms with Crippen molar-refractivity contribution in [3.8, 4) is 0 Å². The molecule has 2 heterocycles. The maximum atomic E-state index is 11.7. The predicted octanol–water partition coefficient (Wildman–Crippen LogP) is 1.68. The number of nitrogen functional groups attached to an aromatic ring is 1. The lowest BCUT2D eigenvalue weighted by Crippen LogP contribution is -2.12. The Balaban J connectivity index is 2.11. The zero-order chi connectivity index (χ0) is 11.5. The summed E-state index contributed by atoms with van der Waals surface area (Å²) in [7, 11) is 0. The first kappa shape index (κ1) is 10.6. The number of anilines is 2. The highest BCUT2D eigenvalue weighted by Gasteiger charge is 2.08.